The Kier molecular flexibility index (Phi) is 4.60. The van der Waals surface area contributed by atoms with E-state index in [-0.39, 0.29) is 5.91 Å². The number of aromatic nitrogens is 2. The number of piperazine rings is 1. The summed E-state index contributed by atoms with van der Waals surface area (Å²) in [5, 5.41) is 1.08. The quantitative estimate of drug-likeness (QED) is 0.686. The molecule has 1 fully saturated rings. The number of pyridine rings is 2. The van der Waals surface area contributed by atoms with E-state index in [0.717, 1.165) is 35.4 Å². The molecule has 2 aromatic heterocycles. The van der Waals surface area contributed by atoms with Crippen LogP contribution in [0.3, 0.4) is 0 Å². The summed E-state index contributed by atoms with van der Waals surface area (Å²) in [5.41, 5.74) is 1.88. The van der Waals surface area contributed by atoms with Crippen LogP contribution in [0.5, 0.6) is 0 Å². The van der Waals surface area contributed by atoms with Crippen molar-refractivity contribution in [1.29, 1.82) is 0 Å². The predicted molar refractivity (Wildman–Crippen MR) is 104 cm³/mol. The molecular weight excluding hydrogens is 324 g/mol. The van der Waals surface area contributed by atoms with Crippen molar-refractivity contribution in [2.75, 3.05) is 31.1 Å². The molecule has 5 heteroatoms. The molecule has 0 N–H and O–H groups in total. The number of para-hydroxylation sites is 1. The van der Waals surface area contributed by atoms with E-state index in [1.54, 1.807) is 18.5 Å². The Labute approximate surface area is 152 Å². The molecule has 1 amide bonds. The van der Waals surface area contributed by atoms with Crippen LogP contribution in [-0.4, -0.2) is 47.0 Å². The normalized spacial score (nSPS) is 14.9. The van der Waals surface area contributed by atoms with Crippen LogP contribution in [0.4, 0.5) is 5.82 Å². The van der Waals surface area contributed by atoms with Crippen molar-refractivity contribution in [2.45, 2.75) is 0 Å². The molecule has 26 heavy (non-hydrogen) atoms. The lowest BCUT2D eigenvalue weighted by Gasteiger charge is -2.34. The van der Waals surface area contributed by atoms with Crippen molar-refractivity contribution in [2.24, 2.45) is 0 Å². The fourth-order valence-corrected chi connectivity index (χ4v) is 3.23. The molecule has 1 saturated heterocycles. The highest BCUT2D eigenvalue weighted by Crippen LogP contribution is 2.18. The first kappa shape index (κ1) is 16.3. The van der Waals surface area contributed by atoms with Crippen LogP contribution in [0.1, 0.15) is 5.56 Å². The smallest absolute Gasteiger partial charge is 0.246 e. The molecule has 0 unspecified atom stereocenters. The Bertz CT molecular complexity index is 926. The van der Waals surface area contributed by atoms with Gasteiger partial charge >= 0.3 is 0 Å². The average molecular weight is 344 g/mol. The van der Waals surface area contributed by atoms with Gasteiger partial charge in [0.25, 0.3) is 0 Å². The molecule has 0 radical (unpaired) electrons. The second kappa shape index (κ2) is 7.35. The molecule has 4 rings (SSSR count). The monoisotopic (exact) mass is 344 g/mol. The SMILES string of the molecule is O=C(C=Cc1cccc2cccnc12)N1CCN(c2ccccn2)CC1. The van der Waals surface area contributed by atoms with Gasteiger partial charge in [0, 0.05) is 55.6 Å². The van der Waals surface area contributed by atoms with Gasteiger partial charge in [0.1, 0.15) is 5.82 Å². The largest absolute Gasteiger partial charge is 0.353 e. The highest BCUT2D eigenvalue weighted by molar-refractivity contribution is 5.95. The van der Waals surface area contributed by atoms with Crippen LogP contribution < -0.4 is 4.90 Å². The van der Waals surface area contributed by atoms with Crippen molar-refractivity contribution in [3.63, 3.8) is 0 Å². The van der Waals surface area contributed by atoms with Crippen molar-refractivity contribution in [1.82, 2.24) is 14.9 Å². The summed E-state index contributed by atoms with van der Waals surface area (Å²) >= 11 is 0. The molecule has 130 valence electrons. The summed E-state index contributed by atoms with van der Waals surface area (Å²) in [6.07, 6.45) is 7.09. The Morgan fingerprint density at radius 1 is 0.885 bits per heavy atom. The van der Waals surface area contributed by atoms with Crippen LogP contribution in [0.2, 0.25) is 0 Å². The molecule has 0 atom stereocenters. The number of anilines is 1. The highest BCUT2D eigenvalue weighted by atomic mass is 16.2. The topological polar surface area (TPSA) is 49.3 Å². The molecule has 0 saturated carbocycles. The number of fused-ring (bicyclic) bond motifs is 1. The molecule has 0 spiro atoms. The maximum atomic E-state index is 12.5. The molecule has 5 nitrogen and oxygen atoms in total. The molecule has 1 aromatic carbocycles. The van der Waals surface area contributed by atoms with Crippen LogP contribution >= 0.6 is 0 Å². The van der Waals surface area contributed by atoms with E-state index < -0.39 is 0 Å². The zero-order chi connectivity index (χ0) is 17.8. The van der Waals surface area contributed by atoms with Crippen molar-refractivity contribution < 1.29 is 4.79 Å². The standard InChI is InChI=1S/C21H20N4O/c26-20(10-9-18-6-3-5-17-7-4-12-23-21(17)18)25-15-13-24(14-16-25)19-8-1-2-11-22-19/h1-12H,13-16H2. The minimum absolute atomic E-state index is 0.0404. The zero-order valence-corrected chi connectivity index (χ0v) is 14.5. The first-order chi connectivity index (χ1) is 12.8. The van der Waals surface area contributed by atoms with Crippen molar-refractivity contribution in [3.05, 3.63) is 72.6 Å². The number of nitrogens with zero attached hydrogens (tertiary/aromatic N) is 4. The second-order valence-electron chi connectivity index (χ2n) is 6.26. The zero-order valence-electron chi connectivity index (χ0n) is 14.5. The van der Waals surface area contributed by atoms with Crippen molar-refractivity contribution >= 4 is 28.7 Å². The summed E-state index contributed by atoms with van der Waals surface area (Å²) in [7, 11) is 0. The second-order valence-corrected chi connectivity index (χ2v) is 6.26. The Morgan fingerprint density at radius 2 is 1.69 bits per heavy atom. The lowest BCUT2D eigenvalue weighted by molar-refractivity contribution is -0.126. The number of carbonyl (C=O) groups excluding carboxylic acids is 1. The molecule has 1 aliphatic rings. The van der Waals surface area contributed by atoms with Crippen LogP contribution in [0.25, 0.3) is 17.0 Å². The third-order valence-electron chi connectivity index (χ3n) is 4.63. The van der Waals surface area contributed by atoms with Gasteiger partial charge in [-0.05, 0) is 24.3 Å². The number of benzene rings is 1. The van der Waals surface area contributed by atoms with Crippen LogP contribution in [0, 0.1) is 0 Å². The van der Waals surface area contributed by atoms with Crippen LogP contribution in [0.15, 0.2) is 67.0 Å². The molecule has 3 heterocycles. The molecule has 0 bridgehead atoms. The van der Waals surface area contributed by atoms with E-state index in [1.165, 1.54) is 0 Å². The van der Waals surface area contributed by atoms with Crippen molar-refractivity contribution in [3.8, 4) is 0 Å². The average Bonchev–Trinajstić information content (AvgIpc) is 2.73. The molecule has 1 aliphatic heterocycles. The third kappa shape index (κ3) is 3.42. The van der Waals surface area contributed by atoms with Gasteiger partial charge in [-0.1, -0.05) is 30.3 Å². The van der Waals surface area contributed by atoms with Crippen LogP contribution in [-0.2, 0) is 4.79 Å². The number of amides is 1. The summed E-state index contributed by atoms with van der Waals surface area (Å²) in [4.78, 5) is 25.4. The van der Waals surface area contributed by atoms with E-state index in [1.807, 2.05) is 59.5 Å². The predicted octanol–water partition coefficient (Wildman–Crippen LogP) is 2.99. The number of rotatable bonds is 3. The number of hydrogen-bond donors (Lipinski definition) is 0. The summed E-state index contributed by atoms with van der Waals surface area (Å²) in [6, 6.07) is 15.8. The first-order valence-electron chi connectivity index (χ1n) is 8.78. The van der Waals surface area contributed by atoms with Gasteiger partial charge in [0.2, 0.25) is 5.91 Å². The Hall–Kier alpha value is -3.21. The maximum absolute atomic E-state index is 12.5. The number of carbonyl (C=O) groups is 1. The molecular formula is C21H20N4O. The molecule has 3 aromatic rings. The Morgan fingerprint density at radius 3 is 2.50 bits per heavy atom. The van der Waals surface area contributed by atoms with Gasteiger partial charge in [0.15, 0.2) is 0 Å². The third-order valence-corrected chi connectivity index (χ3v) is 4.63. The van der Waals surface area contributed by atoms with E-state index in [2.05, 4.69) is 14.9 Å². The lowest BCUT2D eigenvalue weighted by atomic mass is 10.1. The van der Waals surface area contributed by atoms with Gasteiger partial charge in [-0.25, -0.2) is 4.98 Å². The maximum Gasteiger partial charge on any atom is 0.246 e. The van der Waals surface area contributed by atoms with E-state index in [4.69, 9.17) is 0 Å². The molecule has 0 aliphatic carbocycles. The van der Waals surface area contributed by atoms with E-state index >= 15 is 0 Å². The Balaban J connectivity index is 1.42. The van der Waals surface area contributed by atoms with E-state index in [0.29, 0.717) is 13.1 Å². The summed E-state index contributed by atoms with van der Waals surface area (Å²) in [5.74, 6) is 1.01. The number of hydrogen-bond acceptors (Lipinski definition) is 4. The highest BCUT2D eigenvalue weighted by Gasteiger charge is 2.20. The van der Waals surface area contributed by atoms with Gasteiger partial charge in [-0.15, -0.1) is 0 Å². The fourth-order valence-electron chi connectivity index (χ4n) is 3.23. The summed E-state index contributed by atoms with van der Waals surface area (Å²) in [6.45, 7) is 3.00. The fraction of sp³-hybridized carbons (Fsp3) is 0.190. The van der Waals surface area contributed by atoms with Gasteiger partial charge in [-0.3, -0.25) is 9.78 Å². The first-order valence-corrected chi connectivity index (χ1v) is 8.78. The van der Waals surface area contributed by atoms with Gasteiger partial charge in [-0.2, -0.15) is 0 Å². The minimum atomic E-state index is 0.0404. The minimum Gasteiger partial charge on any atom is -0.353 e. The van der Waals surface area contributed by atoms with E-state index in [9.17, 15) is 4.79 Å². The summed E-state index contributed by atoms with van der Waals surface area (Å²) < 4.78 is 0. The van der Waals surface area contributed by atoms with Gasteiger partial charge in [0.05, 0.1) is 5.52 Å². The van der Waals surface area contributed by atoms with Gasteiger partial charge < -0.3 is 9.80 Å². The lowest BCUT2D eigenvalue weighted by Crippen LogP contribution is -2.48.